The number of halogens is 1. The van der Waals surface area contributed by atoms with Gasteiger partial charge in [0.15, 0.2) is 0 Å². The minimum Gasteiger partial charge on any atom is -0.494 e. The first-order valence-electron chi connectivity index (χ1n) is 8.09. The third kappa shape index (κ3) is 6.02. The molecule has 1 aliphatic heterocycles. The predicted molar refractivity (Wildman–Crippen MR) is 95.5 cm³/mol. The number of hydrogen-bond donors (Lipinski definition) is 3. The minimum atomic E-state index is -0.399. The van der Waals surface area contributed by atoms with Crippen LogP contribution in [-0.2, 0) is 9.59 Å². The fraction of sp³-hybridized carbons (Fsp3) is 0.529. The lowest BCUT2D eigenvalue weighted by molar-refractivity contribution is -0.123. The van der Waals surface area contributed by atoms with E-state index in [1.165, 1.54) is 6.92 Å². The summed E-state index contributed by atoms with van der Waals surface area (Å²) in [6.45, 7) is 5.61. The Labute approximate surface area is 149 Å². The smallest absolute Gasteiger partial charge is 0.222 e. The number of carbonyl (C=O) groups excluding carboxylic acids is 2. The average molecular weight is 356 g/mol. The summed E-state index contributed by atoms with van der Waals surface area (Å²) in [6.07, 6.45) is 1.13. The summed E-state index contributed by atoms with van der Waals surface area (Å²) in [5, 5.41) is 9.08. The van der Waals surface area contributed by atoms with Crippen LogP contribution in [0.2, 0.25) is 0 Å². The van der Waals surface area contributed by atoms with Gasteiger partial charge in [-0.2, -0.15) is 0 Å². The SMILES string of the molecule is CCOc1ccccc1C(CC(=O)NC1CCNC1)NC(C)=O.Cl. The molecule has 1 aliphatic rings. The molecule has 24 heavy (non-hydrogen) atoms. The average Bonchev–Trinajstić information content (AvgIpc) is 3.00. The summed E-state index contributed by atoms with van der Waals surface area (Å²) >= 11 is 0. The Morgan fingerprint density at radius 3 is 2.75 bits per heavy atom. The molecule has 7 heteroatoms. The summed E-state index contributed by atoms with van der Waals surface area (Å²) in [5.74, 6) is 0.462. The number of hydrogen-bond acceptors (Lipinski definition) is 4. The molecule has 134 valence electrons. The Bertz CT molecular complexity index is 548. The molecule has 6 nitrogen and oxygen atoms in total. The lowest BCUT2D eigenvalue weighted by Crippen LogP contribution is -2.39. The van der Waals surface area contributed by atoms with Gasteiger partial charge in [-0.1, -0.05) is 18.2 Å². The molecule has 1 aromatic carbocycles. The van der Waals surface area contributed by atoms with Gasteiger partial charge in [0, 0.05) is 25.1 Å². The van der Waals surface area contributed by atoms with Crippen LogP contribution in [0.1, 0.15) is 38.3 Å². The van der Waals surface area contributed by atoms with Gasteiger partial charge in [0.05, 0.1) is 19.1 Å². The summed E-state index contributed by atoms with van der Waals surface area (Å²) in [6, 6.07) is 7.27. The van der Waals surface area contributed by atoms with E-state index in [1.54, 1.807) is 0 Å². The number of nitrogens with one attached hydrogen (secondary N) is 3. The molecule has 0 spiro atoms. The maximum absolute atomic E-state index is 12.3. The fourth-order valence-electron chi connectivity index (χ4n) is 2.79. The fourth-order valence-corrected chi connectivity index (χ4v) is 2.79. The van der Waals surface area contributed by atoms with E-state index in [-0.39, 0.29) is 36.7 Å². The van der Waals surface area contributed by atoms with Crippen molar-refractivity contribution in [3.63, 3.8) is 0 Å². The lowest BCUT2D eigenvalue weighted by Gasteiger charge is -2.22. The van der Waals surface area contributed by atoms with E-state index >= 15 is 0 Å². The second kappa shape index (κ2) is 10.2. The summed E-state index contributed by atoms with van der Waals surface area (Å²) in [7, 11) is 0. The molecule has 2 atom stereocenters. The molecule has 0 aliphatic carbocycles. The van der Waals surface area contributed by atoms with Gasteiger partial charge in [-0.15, -0.1) is 12.4 Å². The first kappa shape index (κ1) is 20.3. The van der Waals surface area contributed by atoms with E-state index in [4.69, 9.17) is 4.74 Å². The summed E-state index contributed by atoms with van der Waals surface area (Å²) < 4.78 is 5.62. The van der Waals surface area contributed by atoms with Crippen molar-refractivity contribution in [2.45, 2.75) is 38.8 Å². The molecular formula is C17H26ClN3O3. The lowest BCUT2D eigenvalue weighted by atomic mass is 10.0. The van der Waals surface area contributed by atoms with Gasteiger partial charge in [0.1, 0.15) is 5.75 Å². The summed E-state index contributed by atoms with van der Waals surface area (Å²) in [4.78, 5) is 23.8. The number of benzene rings is 1. The zero-order chi connectivity index (χ0) is 16.7. The van der Waals surface area contributed by atoms with Crippen LogP contribution in [0.15, 0.2) is 24.3 Å². The van der Waals surface area contributed by atoms with Crippen molar-refractivity contribution in [2.24, 2.45) is 0 Å². The van der Waals surface area contributed by atoms with E-state index in [0.29, 0.717) is 12.4 Å². The highest BCUT2D eigenvalue weighted by Gasteiger charge is 2.23. The van der Waals surface area contributed by atoms with Gasteiger partial charge in [0.25, 0.3) is 0 Å². The monoisotopic (exact) mass is 355 g/mol. The van der Waals surface area contributed by atoms with Crippen molar-refractivity contribution in [3.8, 4) is 5.75 Å². The van der Waals surface area contributed by atoms with Crippen molar-refractivity contribution in [1.29, 1.82) is 0 Å². The van der Waals surface area contributed by atoms with Crippen molar-refractivity contribution in [2.75, 3.05) is 19.7 Å². The highest BCUT2D eigenvalue weighted by Crippen LogP contribution is 2.27. The molecule has 0 aromatic heterocycles. The highest BCUT2D eigenvalue weighted by atomic mass is 35.5. The molecule has 2 rings (SSSR count). The predicted octanol–water partition coefficient (Wildman–Crippen LogP) is 1.55. The molecule has 2 amide bonds. The molecule has 3 N–H and O–H groups in total. The maximum atomic E-state index is 12.3. The van der Waals surface area contributed by atoms with Crippen LogP contribution in [0.5, 0.6) is 5.75 Å². The largest absolute Gasteiger partial charge is 0.494 e. The molecule has 1 saturated heterocycles. The molecule has 1 aromatic rings. The van der Waals surface area contributed by atoms with E-state index < -0.39 is 6.04 Å². The Morgan fingerprint density at radius 1 is 1.38 bits per heavy atom. The molecule has 0 bridgehead atoms. The highest BCUT2D eigenvalue weighted by molar-refractivity contribution is 5.85. The minimum absolute atomic E-state index is 0. The van der Waals surface area contributed by atoms with Crippen molar-refractivity contribution in [1.82, 2.24) is 16.0 Å². The molecule has 1 fully saturated rings. The Kier molecular flexibility index (Phi) is 8.57. The number of amides is 2. The van der Waals surface area contributed by atoms with Crippen LogP contribution in [0.3, 0.4) is 0 Å². The molecule has 0 saturated carbocycles. The second-order valence-electron chi connectivity index (χ2n) is 5.69. The van der Waals surface area contributed by atoms with Gasteiger partial charge in [-0.3, -0.25) is 9.59 Å². The van der Waals surface area contributed by atoms with E-state index in [0.717, 1.165) is 25.1 Å². The first-order chi connectivity index (χ1) is 11.1. The maximum Gasteiger partial charge on any atom is 0.222 e. The molecular weight excluding hydrogens is 330 g/mol. The molecule has 0 radical (unpaired) electrons. The number of rotatable bonds is 7. The van der Waals surface area contributed by atoms with E-state index in [1.807, 2.05) is 31.2 Å². The van der Waals surface area contributed by atoms with E-state index in [2.05, 4.69) is 16.0 Å². The second-order valence-corrected chi connectivity index (χ2v) is 5.69. The molecule has 1 heterocycles. The van der Waals surface area contributed by atoms with Crippen LogP contribution in [0, 0.1) is 0 Å². The Hall–Kier alpha value is -1.79. The standard InChI is InChI=1S/C17H25N3O3.ClH/c1-3-23-16-7-5-4-6-14(16)15(19-12(2)21)10-17(22)20-13-8-9-18-11-13;/h4-7,13,15,18H,3,8-11H2,1-2H3,(H,19,21)(H,20,22);1H. The van der Waals surface area contributed by atoms with Crippen LogP contribution in [0.4, 0.5) is 0 Å². The first-order valence-corrected chi connectivity index (χ1v) is 8.09. The zero-order valence-electron chi connectivity index (χ0n) is 14.1. The van der Waals surface area contributed by atoms with Gasteiger partial charge in [-0.25, -0.2) is 0 Å². The van der Waals surface area contributed by atoms with E-state index in [9.17, 15) is 9.59 Å². The molecule has 2 unspecified atom stereocenters. The topological polar surface area (TPSA) is 79.5 Å². The third-order valence-electron chi connectivity index (χ3n) is 3.79. The normalized spacial score (nSPS) is 17.5. The van der Waals surface area contributed by atoms with Crippen LogP contribution in [0.25, 0.3) is 0 Å². The van der Waals surface area contributed by atoms with Gasteiger partial charge in [-0.05, 0) is 26.0 Å². The number of ether oxygens (including phenoxy) is 1. The van der Waals surface area contributed by atoms with Crippen molar-refractivity contribution < 1.29 is 14.3 Å². The zero-order valence-corrected chi connectivity index (χ0v) is 14.9. The van der Waals surface area contributed by atoms with Crippen molar-refractivity contribution >= 4 is 24.2 Å². The Balaban J connectivity index is 0.00000288. The Morgan fingerprint density at radius 2 is 2.12 bits per heavy atom. The van der Waals surface area contributed by atoms with Gasteiger partial charge in [0.2, 0.25) is 11.8 Å². The quantitative estimate of drug-likeness (QED) is 0.693. The van der Waals surface area contributed by atoms with Crippen LogP contribution < -0.4 is 20.7 Å². The van der Waals surface area contributed by atoms with Gasteiger partial charge >= 0.3 is 0 Å². The number of para-hydroxylation sites is 1. The number of carbonyl (C=O) groups is 2. The van der Waals surface area contributed by atoms with Crippen LogP contribution >= 0.6 is 12.4 Å². The van der Waals surface area contributed by atoms with Gasteiger partial charge < -0.3 is 20.7 Å². The van der Waals surface area contributed by atoms with Crippen molar-refractivity contribution in [3.05, 3.63) is 29.8 Å². The third-order valence-corrected chi connectivity index (χ3v) is 3.79. The van der Waals surface area contributed by atoms with Crippen LogP contribution in [-0.4, -0.2) is 37.6 Å². The summed E-state index contributed by atoms with van der Waals surface area (Å²) in [5.41, 5.74) is 0.823.